The van der Waals surface area contributed by atoms with Crippen LogP contribution in [0.25, 0.3) is 0 Å². The first kappa shape index (κ1) is 19.3. The van der Waals surface area contributed by atoms with Gasteiger partial charge in [-0.25, -0.2) is 0 Å². The summed E-state index contributed by atoms with van der Waals surface area (Å²) in [7, 11) is 0. The van der Waals surface area contributed by atoms with Gasteiger partial charge in [0.2, 0.25) is 0 Å². The molecule has 0 aliphatic heterocycles. The Labute approximate surface area is 164 Å². The SMILES string of the molecule is CCCC(C)[C@H]1CCC2[C@@H]3C(=O)C[C@@H]4CC(=O)CC[C@]4(C)C3CC(=O)[C@@]21C. The molecule has 0 spiro atoms. The highest BCUT2D eigenvalue weighted by Crippen LogP contribution is 2.66. The van der Waals surface area contributed by atoms with Crippen molar-refractivity contribution in [3.8, 4) is 0 Å². The Morgan fingerprint density at radius 3 is 2.48 bits per heavy atom. The molecule has 0 heterocycles. The van der Waals surface area contributed by atoms with Crippen LogP contribution in [0.3, 0.4) is 0 Å². The number of fused-ring (bicyclic) bond motifs is 5. The zero-order valence-corrected chi connectivity index (χ0v) is 17.6. The Morgan fingerprint density at radius 2 is 1.78 bits per heavy atom. The molecular weight excluding hydrogens is 336 g/mol. The van der Waals surface area contributed by atoms with Crippen molar-refractivity contribution >= 4 is 17.3 Å². The van der Waals surface area contributed by atoms with E-state index in [0.29, 0.717) is 54.9 Å². The summed E-state index contributed by atoms with van der Waals surface area (Å²) in [6, 6.07) is 0. The summed E-state index contributed by atoms with van der Waals surface area (Å²) in [6.07, 6.45) is 7.66. The Hall–Kier alpha value is -0.990. The average Bonchev–Trinajstić information content (AvgIpc) is 2.96. The minimum Gasteiger partial charge on any atom is -0.300 e. The van der Waals surface area contributed by atoms with Crippen molar-refractivity contribution in [2.45, 2.75) is 85.5 Å². The van der Waals surface area contributed by atoms with E-state index < -0.39 is 0 Å². The van der Waals surface area contributed by atoms with Gasteiger partial charge in [-0.15, -0.1) is 0 Å². The maximum atomic E-state index is 13.6. The highest BCUT2D eigenvalue weighted by molar-refractivity contribution is 5.93. The number of hydrogen-bond acceptors (Lipinski definition) is 3. The van der Waals surface area contributed by atoms with Gasteiger partial charge in [-0.2, -0.15) is 0 Å². The maximum Gasteiger partial charge on any atom is 0.139 e. The standard InChI is InChI=1S/C24H36O3/c1-5-6-14(2)17-7-8-18-22-19(13-21(27)24(17,18)4)23(3)10-9-16(25)11-15(23)12-20(22)26/h14-15,17-19,22H,5-13H2,1-4H3/t14?,15-,17+,18?,19?,22-,23-,24+/m0/s1. The first-order valence-corrected chi connectivity index (χ1v) is 11.3. The van der Waals surface area contributed by atoms with Crippen LogP contribution in [0.15, 0.2) is 0 Å². The number of carbonyl (C=O) groups is 3. The van der Waals surface area contributed by atoms with Gasteiger partial charge in [-0.3, -0.25) is 14.4 Å². The molecule has 0 saturated heterocycles. The summed E-state index contributed by atoms with van der Waals surface area (Å²) in [4.78, 5) is 38.9. The Bertz CT molecular complexity index is 667. The molecule has 0 amide bonds. The Kier molecular flexibility index (Phi) is 4.67. The molecule has 4 rings (SSSR count). The van der Waals surface area contributed by atoms with E-state index >= 15 is 0 Å². The van der Waals surface area contributed by atoms with Crippen molar-refractivity contribution in [2.24, 2.45) is 46.3 Å². The summed E-state index contributed by atoms with van der Waals surface area (Å²) in [5.41, 5.74) is -0.310. The summed E-state index contributed by atoms with van der Waals surface area (Å²) >= 11 is 0. The summed E-state index contributed by atoms with van der Waals surface area (Å²) in [6.45, 7) is 9.02. The van der Waals surface area contributed by atoms with Gasteiger partial charge in [0.25, 0.3) is 0 Å². The lowest BCUT2D eigenvalue weighted by molar-refractivity contribution is -0.166. The molecule has 150 valence electrons. The monoisotopic (exact) mass is 372 g/mol. The normalized spacial score (nSPS) is 48.0. The summed E-state index contributed by atoms with van der Waals surface area (Å²) in [5, 5.41) is 0. The molecule has 4 fully saturated rings. The van der Waals surface area contributed by atoms with Gasteiger partial charge < -0.3 is 0 Å². The summed E-state index contributed by atoms with van der Waals surface area (Å²) in [5.74, 6) is 2.71. The number of rotatable bonds is 3. The lowest BCUT2D eigenvalue weighted by Crippen LogP contribution is -2.60. The van der Waals surface area contributed by atoms with E-state index in [4.69, 9.17) is 0 Å². The first-order chi connectivity index (χ1) is 12.7. The minimum atomic E-state index is -0.306. The number of carbonyl (C=O) groups excluding carboxylic acids is 3. The molecule has 4 aliphatic rings. The van der Waals surface area contributed by atoms with Crippen LogP contribution in [0.5, 0.6) is 0 Å². The summed E-state index contributed by atoms with van der Waals surface area (Å²) < 4.78 is 0. The largest absolute Gasteiger partial charge is 0.300 e. The fraction of sp³-hybridized carbons (Fsp3) is 0.875. The molecular formula is C24H36O3. The van der Waals surface area contributed by atoms with E-state index in [-0.39, 0.29) is 34.5 Å². The maximum absolute atomic E-state index is 13.6. The second-order valence-corrected chi connectivity index (χ2v) is 10.7. The fourth-order valence-electron chi connectivity index (χ4n) is 8.05. The first-order valence-electron chi connectivity index (χ1n) is 11.3. The molecule has 3 unspecified atom stereocenters. The van der Waals surface area contributed by atoms with Crippen LogP contribution >= 0.6 is 0 Å². The molecule has 0 aromatic heterocycles. The zero-order chi connectivity index (χ0) is 19.6. The quantitative estimate of drug-likeness (QED) is 0.700. The zero-order valence-electron chi connectivity index (χ0n) is 17.6. The van der Waals surface area contributed by atoms with Gasteiger partial charge in [-0.1, -0.05) is 40.5 Å². The highest BCUT2D eigenvalue weighted by Gasteiger charge is 2.66. The second-order valence-electron chi connectivity index (χ2n) is 10.7. The smallest absolute Gasteiger partial charge is 0.139 e. The van der Waals surface area contributed by atoms with Gasteiger partial charge in [0.05, 0.1) is 0 Å². The fourth-order valence-corrected chi connectivity index (χ4v) is 8.05. The molecule has 4 saturated carbocycles. The second kappa shape index (κ2) is 6.52. The molecule has 0 N–H and O–H groups in total. The van der Waals surface area contributed by atoms with Crippen LogP contribution in [-0.4, -0.2) is 17.3 Å². The number of Topliss-reactive ketones (excluding diaryl/α,β-unsaturated/α-hetero) is 3. The van der Waals surface area contributed by atoms with Crippen molar-refractivity contribution in [1.29, 1.82) is 0 Å². The lowest BCUT2D eigenvalue weighted by Gasteiger charge is -2.58. The van der Waals surface area contributed by atoms with Crippen LogP contribution < -0.4 is 0 Å². The van der Waals surface area contributed by atoms with E-state index in [1.165, 1.54) is 6.42 Å². The predicted octanol–water partition coefficient (Wildman–Crippen LogP) is 5.01. The van der Waals surface area contributed by atoms with Crippen LogP contribution in [0.1, 0.15) is 85.5 Å². The van der Waals surface area contributed by atoms with E-state index in [1.54, 1.807) is 0 Å². The molecule has 0 aromatic rings. The number of ketones is 3. The van der Waals surface area contributed by atoms with Crippen molar-refractivity contribution in [3.63, 3.8) is 0 Å². The molecule has 27 heavy (non-hydrogen) atoms. The van der Waals surface area contributed by atoms with Gasteiger partial charge in [0, 0.05) is 37.0 Å². The highest BCUT2D eigenvalue weighted by atomic mass is 16.1. The van der Waals surface area contributed by atoms with Gasteiger partial charge in [0.15, 0.2) is 0 Å². The van der Waals surface area contributed by atoms with Crippen molar-refractivity contribution in [1.82, 2.24) is 0 Å². The molecule has 3 nitrogen and oxygen atoms in total. The molecule has 4 aliphatic carbocycles. The topological polar surface area (TPSA) is 51.2 Å². The Balaban J connectivity index is 1.69. The van der Waals surface area contributed by atoms with Gasteiger partial charge in [0.1, 0.15) is 17.3 Å². The molecule has 0 aromatic carbocycles. The van der Waals surface area contributed by atoms with E-state index in [2.05, 4.69) is 27.7 Å². The molecule has 3 heteroatoms. The van der Waals surface area contributed by atoms with Crippen LogP contribution in [0.4, 0.5) is 0 Å². The van der Waals surface area contributed by atoms with Crippen molar-refractivity contribution in [2.75, 3.05) is 0 Å². The third kappa shape index (κ3) is 2.63. The minimum absolute atomic E-state index is 0.00338. The van der Waals surface area contributed by atoms with Gasteiger partial charge in [-0.05, 0) is 54.3 Å². The number of hydrogen-bond donors (Lipinski definition) is 0. The van der Waals surface area contributed by atoms with Crippen molar-refractivity contribution in [3.05, 3.63) is 0 Å². The Morgan fingerprint density at radius 1 is 1.04 bits per heavy atom. The lowest BCUT2D eigenvalue weighted by atomic mass is 9.44. The van der Waals surface area contributed by atoms with Crippen LogP contribution in [0.2, 0.25) is 0 Å². The predicted molar refractivity (Wildman–Crippen MR) is 105 cm³/mol. The molecule has 0 radical (unpaired) electrons. The van der Waals surface area contributed by atoms with Crippen LogP contribution in [-0.2, 0) is 14.4 Å². The molecule has 0 bridgehead atoms. The van der Waals surface area contributed by atoms with E-state index in [1.807, 2.05) is 0 Å². The van der Waals surface area contributed by atoms with Gasteiger partial charge >= 0.3 is 0 Å². The third-order valence-corrected chi connectivity index (χ3v) is 9.65. The van der Waals surface area contributed by atoms with Crippen LogP contribution in [0, 0.1) is 46.3 Å². The van der Waals surface area contributed by atoms with Crippen molar-refractivity contribution < 1.29 is 14.4 Å². The third-order valence-electron chi connectivity index (χ3n) is 9.65. The van der Waals surface area contributed by atoms with E-state index in [9.17, 15) is 14.4 Å². The van der Waals surface area contributed by atoms with E-state index in [0.717, 1.165) is 25.7 Å². The molecule has 8 atom stereocenters. The average molecular weight is 373 g/mol.